The van der Waals surface area contributed by atoms with E-state index in [4.69, 9.17) is 25.5 Å². The van der Waals surface area contributed by atoms with Crippen molar-refractivity contribution in [2.45, 2.75) is 20.0 Å². The second kappa shape index (κ2) is 9.58. The molecule has 1 heterocycles. The van der Waals surface area contributed by atoms with Crippen molar-refractivity contribution in [1.29, 1.82) is 0 Å². The molecule has 1 aromatic heterocycles. The Morgan fingerprint density at radius 1 is 1.00 bits per heavy atom. The number of hydrogen-bond acceptors (Lipinski definition) is 7. The molecule has 0 bridgehead atoms. The highest BCUT2D eigenvalue weighted by Gasteiger charge is 2.40. The second-order valence-electron chi connectivity index (χ2n) is 7.98. The predicted octanol–water partition coefficient (Wildman–Crippen LogP) is 7.00. The molecule has 0 aliphatic carbocycles. The summed E-state index contributed by atoms with van der Waals surface area (Å²) in [6, 6.07) is 11.0. The molecule has 0 unspecified atom stereocenters. The van der Waals surface area contributed by atoms with Crippen molar-refractivity contribution in [1.82, 2.24) is 0 Å². The first-order chi connectivity index (χ1) is 17.3. The predicted molar refractivity (Wildman–Crippen MR) is 127 cm³/mol. The Morgan fingerprint density at radius 3 is 2.30 bits per heavy atom. The molecule has 0 aliphatic rings. The average molecular weight is 534 g/mol. The van der Waals surface area contributed by atoms with Gasteiger partial charge in [0.15, 0.2) is 0 Å². The zero-order valence-corrected chi connectivity index (χ0v) is 19.8. The zero-order chi connectivity index (χ0) is 27.1. The first-order valence-electron chi connectivity index (χ1n) is 10.4. The van der Waals surface area contributed by atoms with Crippen LogP contribution in [0.1, 0.15) is 27.2 Å². The number of carbonyl (C=O) groups excluding carboxylic acids is 1. The molecule has 0 saturated carbocycles. The lowest BCUT2D eigenvalue weighted by Gasteiger charge is -2.14. The maximum atomic E-state index is 13.8. The number of non-ortho nitro benzene ring substituents is 1. The first-order valence-corrected chi connectivity index (χ1v) is 10.8. The lowest BCUT2D eigenvalue weighted by Crippen LogP contribution is -2.16. The van der Waals surface area contributed by atoms with Crippen LogP contribution in [0.2, 0.25) is 5.02 Å². The summed E-state index contributed by atoms with van der Waals surface area (Å²) in [6.07, 6.45) is -5.09. The number of alkyl halides is 3. The van der Waals surface area contributed by atoms with Crippen LogP contribution in [0, 0.1) is 24.0 Å². The van der Waals surface area contributed by atoms with Gasteiger partial charge in [-0.25, -0.2) is 4.79 Å². The molecule has 0 spiro atoms. The van der Waals surface area contributed by atoms with Crippen molar-refractivity contribution < 1.29 is 36.8 Å². The number of nitro benzene ring substituents is 1. The van der Waals surface area contributed by atoms with Gasteiger partial charge in [0.25, 0.3) is 11.4 Å². The Kier molecular flexibility index (Phi) is 6.66. The number of aryl methyl sites for hydroxylation is 2. The van der Waals surface area contributed by atoms with Crippen LogP contribution >= 0.6 is 11.6 Å². The summed E-state index contributed by atoms with van der Waals surface area (Å²) in [4.78, 5) is 35.8. The van der Waals surface area contributed by atoms with Crippen LogP contribution in [0.4, 0.5) is 18.9 Å². The number of nitrogens with zero attached hydrogens (tertiary/aromatic N) is 1. The summed E-state index contributed by atoms with van der Waals surface area (Å²) < 4.78 is 57.0. The lowest BCUT2D eigenvalue weighted by molar-refractivity contribution is -0.384. The average Bonchev–Trinajstić information content (AvgIpc) is 2.79. The van der Waals surface area contributed by atoms with Crippen molar-refractivity contribution in [2.24, 2.45) is 0 Å². The highest BCUT2D eigenvalue weighted by atomic mass is 35.5. The van der Waals surface area contributed by atoms with E-state index >= 15 is 0 Å². The minimum absolute atomic E-state index is 0.0223. The maximum Gasteiger partial charge on any atom is 0.453 e. The highest BCUT2D eigenvalue weighted by molar-refractivity contribution is 6.33. The number of fused-ring (bicyclic) bond motifs is 1. The molecule has 37 heavy (non-hydrogen) atoms. The second-order valence-corrected chi connectivity index (χ2v) is 8.39. The molecule has 4 aromatic rings. The normalized spacial score (nSPS) is 11.4. The highest BCUT2D eigenvalue weighted by Crippen LogP contribution is 2.39. The monoisotopic (exact) mass is 533 g/mol. The van der Waals surface area contributed by atoms with Crippen molar-refractivity contribution in [2.75, 3.05) is 0 Å². The molecule has 12 heteroatoms. The standard InChI is InChI=1S/C25H15ClF3NO7/c1-12-7-13(2)9-16(8-12)35-22-21(31)17-5-4-15(11-20(17)37-23(22)25(27,28)29)36-24(32)18-10-14(30(33)34)3-6-19(18)26/h3-11H,1-2H3. The topological polar surface area (TPSA) is 109 Å². The van der Waals surface area contributed by atoms with Gasteiger partial charge in [-0.1, -0.05) is 17.7 Å². The van der Waals surface area contributed by atoms with Crippen LogP contribution in [0.15, 0.2) is 63.8 Å². The lowest BCUT2D eigenvalue weighted by atomic mass is 10.1. The number of halogens is 4. The van der Waals surface area contributed by atoms with Gasteiger partial charge in [-0.05, 0) is 55.3 Å². The Morgan fingerprint density at radius 2 is 1.68 bits per heavy atom. The SMILES string of the molecule is Cc1cc(C)cc(Oc2c(C(F)(F)F)oc3cc(OC(=O)c4cc([N+](=O)[O-])ccc4Cl)ccc3c2=O)c1. The summed E-state index contributed by atoms with van der Waals surface area (Å²) in [5.74, 6) is -4.10. The number of carbonyl (C=O) groups is 1. The fourth-order valence-electron chi connectivity index (χ4n) is 3.55. The number of hydrogen-bond donors (Lipinski definition) is 0. The van der Waals surface area contributed by atoms with E-state index < -0.39 is 45.3 Å². The van der Waals surface area contributed by atoms with Gasteiger partial charge in [0.05, 0.1) is 20.9 Å². The Bertz CT molecular complexity index is 1610. The molecular formula is C25H15ClF3NO7. The van der Waals surface area contributed by atoms with Gasteiger partial charge >= 0.3 is 12.1 Å². The van der Waals surface area contributed by atoms with E-state index in [1.807, 2.05) is 0 Å². The van der Waals surface area contributed by atoms with Gasteiger partial charge in [0, 0.05) is 18.2 Å². The third kappa shape index (κ3) is 5.41. The fraction of sp³-hybridized carbons (Fsp3) is 0.120. The maximum absolute atomic E-state index is 13.8. The van der Waals surface area contributed by atoms with Crippen LogP contribution < -0.4 is 14.9 Å². The molecule has 4 rings (SSSR count). The summed E-state index contributed by atoms with van der Waals surface area (Å²) in [7, 11) is 0. The first kappa shape index (κ1) is 25.7. The smallest absolute Gasteiger partial charge is 0.449 e. The van der Waals surface area contributed by atoms with Crippen molar-refractivity contribution in [3.05, 3.63) is 102 Å². The quantitative estimate of drug-likeness (QED) is 0.117. The van der Waals surface area contributed by atoms with Crippen LogP contribution in [0.25, 0.3) is 11.0 Å². The van der Waals surface area contributed by atoms with E-state index in [1.165, 1.54) is 12.1 Å². The van der Waals surface area contributed by atoms with Gasteiger partial charge in [-0.15, -0.1) is 0 Å². The molecular weight excluding hydrogens is 519 g/mol. The molecule has 190 valence electrons. The Hall–Kier alpha value is -4.38. The van der Waals surface area contributed by atoms with Gasteiger partial charge in [0.1, 0.15) is 17.1 Å². The summed E-state index contributed by atoms with van der Waals surface area (Å²) >= 11 is 5.93. The molecule has 0 fully saturated rings. The summed E-state index contributed by atoms with van der Waals surface area (Å²) in [5, 5.41) is 10.6. The summed E-state index contributed by atoms with van der Waals surface area (Å²) in [5.41, 5.74) is -0.960. The van der Waals surface area contributed by atoms with E-state index in [0.29, 0.717) is 11.1 Å². The van der Waals surface area contributed by atoms with Crippen molar-refractivity contribution in [3.63, 3.8) is 0 Å². The van der Waals surface area contributed by atoms with Crippen LogP contribution in [-0.2, 0) is 6.18 Å². The van der Waals surface area contributed by atoms with E-state index in [2.05, 4.69) is 0 Å². The van der Waals surface area contributed by atoms with E-state index in [-0.39, 0.29) is 27.5 Å². The van der Waals surface area contributed by atoms with Crippen LogP contribution in [-0.4, -0.2) is 10.9 Å². The largest absolute Gasteiger partial charge is 0.453 e. The number of rotatable bonds is 5. The molecule has 0 aliphatic heterocycles. The number of nitro groups is 1. The molecule has 0 radical (unpaired) electrons. The van der Waals surface area contributed by atoms with Crippen molar-refractivity contribution >= 4 is 34.2 Å². The molecule has 8 nitrogen and oxygen atoms in total. The zero-order valence-electron chi connectivity index (χ0n) is 19.0. The van der Waals surface area contributed by atoms with E-state index in [9.17, 15) is 32.9 Å². The fourth-order valence-corrected chi connectivity index (χ4v) is 3.75. The summed E-state index contributed by atoms with van der Waals surface area (Å²) in [6.45, 7) is 3.44. The van der Waals surface area contributed by atoms with E-state index in [1.54, 1.807) is 19.9 Å². The van der Waals surface area contributed by atoms with Gasteiger partial charge in [-0.3, -0.25) is 14.9 Å². The molecule has 0 saturated heterocycles. The number of esters is 1. The third-order valence-corrected chi connectivity index (χ3v) is 5.42. The van der Waals surface area contributed by atoms with Gasteiger partial charge in [0.2, 0.25) is 11.2 Å². The molecule has 3 aromatic carbocycles. The van der Waals surface area contributed by atoms with Gasteiger partial charge < -0.3 is 13.9 Å². The van der Waals surface area contributed by atoms with Crippen LogP contribution in [0.3, 0.4) is 0 Å². The van der Waals surface area contributed by atoms with Gasteiger partial charge in [-0.2, -0.15) is 13.2 Å². The van der Waals surface area contributed by atoms with Crippen molar-refractivity contribution in [3.8, 4) is 17.2 Å². The Labute approximate surface area is 210 Å². The molecule has 0 atom stereocenters. The Balaban J connectivity index is 1.76. The molecule has 0 amide bonds. The van der Waals surface area contributed by atoms with Crippen LogP contribution in [0.5, 0.6) is 17.2 Å². The minimum atomic E-state index is -5.09. The van der Waals surface area contributed by atoms with E-state index in [0.717, 1.165) is 36.4 Å². The molecule has 0 N–H and O–H groups in total. The number of ether oxygens (including phenoxy) is 2. The third-order valence-electron chi connectivity index (χ3n) is 5.09. The number of benzene rings is 3. The minimum Gasteiger partial charge on any atom is -0.449 e.